The van der Waals surface area contributed by atoms with Crippen LogP contribution in [0, 0.1) is 5.92 Å². The van der Waals surface area contributed by atoms with Gasteiger partial charge in [-0.1, -0.05) is 37.3 Å². The van der Waals surface area contributed by atoms with Crippen molar-refractivity contribution in [1.29, 1.82) is 0 Å². The maximum absolute atomic E-state index is 5.94. The molecule has 0 spiro atoms. The normalized spacial score (nSPS) is 26.2. The van der Waals surface area contributed by atoms with Crippen LogP contribution in [-0.4, -0.2) is 30.1 Å². The summed E-state index contributed by atoms with van der Waals surface area (Å²) in [5, 5.41) is 4.08. The minimum atomic E-state index is 0.541. The van der Waals surface area contributed by atoms with E-state index in [9.17, 15) is 0 Å². The number of hydrogen-bond donors (Lipinski definition) is 0. The first-order valence-corrected chi connectivity index (χ1v) is 7.55. The molecule has 1 atom stereocenters. The highest BCUT2D eigenvalue weighted by Gasteiger charge is 2.28. The minimum absolute atomic E-state index is 0.541. The fourth-order valence-corrected chi connectivity index (χ4v) is 3.13. The van der Waals surface area contributed by atoms with Gasteiger partial charge in [-0.25, -0.2) is 0 Å². The van der Waals surface area contributed by atoms with Gasteiger partial charge in [0.05, 0.1) is 13.2 Å². The molecule has 21 heavy (non-hydrogen) atoms. The Morgan fingerprint density at radius 3 is 3.05 bits per heavy atom. The molecule has 110 valence electrons. The van der Waals surface area contributed by atoms with Crippen LogP contribution in [0.25, 0.3) is 0 Å². The summed E-state index contributed by atoms with van der Waals surface area (Å²) in [7, 11) is 0. The van der Waals surface area contributed by atoms with E-state index in [-0.39, 0.29) is 0 Å². The molecule has 2 aliphatic heterocycles. The van der Waals surface area contributed by atoms with Crippen molar-refractivity contribution >= 4 is 0 Å². The third kappa shape index (κ3) is 2.50. The van der Waals surface area contributed by atoms with E-state index in [1.165, 1.54) is 16.7 Å². The van der Waals surface area contributed by atoms with Gasteiger partial charge in [0.2, 0.25) is 0 Å². The highest BCUT2D eigenvalue weighted by Crippen LogP contribution is 2.30. The van der Waals surface area contributed by atoms with Crippen molar-refractivity contribution in [1.82, 2.24) is 10.2 Å². The van der Waals surface area contributed by atoms with Crippen LogP contribution in [0.15, 0.2) is 47.6 Å². The molecular formula is C17H20N2O2. The maximum atomic E-state index is 5.94. The van der Waals surface area contributed by atoms with E-state index < -0.39 is 0 Å². The molecular weight excluding hydrogens is 264 g/mol. The molecule has 1 aliphatic carbocycles. The Balaban J connectivity index is 1.49. The molecule has 0 amide bonds. The molecule has 1 aromatic rings. The summed E-state index contributed by atoms with van der Waals surface area (Å²) < 4.78 is 5.81. The van der Waals surface area contributed by atoms with Gasteiger partial charge in [0.1, 0.15) is 5.75 Å². The molecule has 4 heteroatoms. The molecule has 0 fully saturated rings. The van der Waals surface area contributed by atoms with Crippen molar-refractivity contribution in [3.63, 3.8) is 0 Å². The molecule has 0 saturated heterocycles. The molecule has 4 nitrogen and oxygen atoms in total. The molecule has 0 N–H and O–H groups in total. The lowest BCUT2D eigenvalue weighted by atomic mass is 9.91. The van der Waals surface area contributed by atoms with Gasteiger partial charge >= 0.3 is 0 Å². The number of hydrazine groups is 1. The van der Waals surface area contributed by atoms with Crippen molar-refractivity contribution in [2.24, 2.45) is 5.92 Å². The standard InChI is InChI=1S/C17H20N2O2/c1-13-6-7-14-10-19(21-11-16(14)8-13)18-9-15-4-2-3-5-17(15)20-12-18/h2-7,13H,8-12H2,1H3/t13-/m1/s1. The fraction of sp³-hybridized carbons (Fsp3) is 0.412. The van der Waals surface area contributed by atoms with Gasteiger partial charge in [-0.05, 0) is 29.6 Å². The summed E-state index contributed by atoms with van der Waals surface area (Å²) in [5.41, 5.74) is 4.05. The van der Waals surface area contributed by atoms with Gasteiger partial charge in [-0.2, -0.15) is 5.01 Å². The van der Waals surface area contributed by atoms with Crippen LogP contribution in [0.3, 0.4) is 0 Å². The zero-order chi connectivity index (χ0) is 14.2. The van der Waals surface area contributed by atoms with E-state index in [0.29, 0.717) is 19.3 Å². The molecule has 0 unspecified atom stereocenters. The Kier molecular flexibility index (Phi) is 3.30. The lowest BCUT2D eigenvalue weighted by Crippen LogP contribution is -2.49. The number of ether oxygens (including phenoxy) is 1. The average molecular weight is 284 g/mol. The number of hydrogen-bond acceptors (Lipinski definition) is 4. The zero-order valence-electron chi connectivity index (χ0n) is 12.3. The molecule has 0 saturated carbocycles. The predicted octanol–water partition coefficient (Wildman–Crippen LogP) is 2.89. The smallest absolute Gasteiger partial charge is 0.156 e. The Hall–Kier alpha value is -1.62. The van der Waals surface area contributed by atoms with Crippen molar-refractivity contribution in [3.05, 3.63) is 53.1 Å². The van der Waals surface area contributed by atoms with Crippen LogP contribution >= 0.6 is 0 Å². The van der Waals surface area contributed by atoms with Crippen molar-refractivity contribution in [3.8, 4) is 5.75 Å². The number of hydroxylamine groups is 1. The fourth-order valence-electron chi connectivity index (χ4n) is 3.13. The molecule has 3 aliphatic rings. The molecule has 1 aromatic carbocycles. The van der Waals surface area contributed by atoms with E-state index in [2.05, 4.69) is 36.2 Å². The second kappa shape index (κ2) is 5.30. The van der Waals surface area contributed by atoms with Crippen LogP contribution < -0.4 is 4.74 Å². The van der Waals surface area contributed by atoms with E-state index in [1.807, 2.05) is 17.3 Å². The van der Waals surface area contributed by atoms with Crippen LogP contribution in [0.2, 0.25) is 0 Å². The largest absolute Gasteiger partial charge is 0.476 e. The van der Waals surface area contributed by atoms with Crippen LogP contribution in [0.1, 0.15) is 18.9 Å². The van der Waals surface area contributed by atoms with Gasteiger partial charge in [0.25, 0.3) is 0 Å². The van der Waals surface area contributed by atoms with Gasteiger partial charge in [-0.15, -0.1) is 5.17 Å². The summed E-state index contributed by atoms with van der Waals surface area (Å²) in [6, 6.07) is 8.19. The Labute approximate surface area is 125 Å². The van der Waals surface area contributed by atoms with Crippen LogP contribution in [-0.2, 0) is 11.4 Å². The zero-order valence-corrected chi connectivity index (χ0v) is 12.3. The third-order valence-corrected chi connectivity index (χ3v) is 4.35. The SMILES string of the molecule is C[C@@H]1C=CC2=C(CON(N3COc4ccccc4C3)C2)C1. The Morgan fingerprint density at radius 2 is 2.10 bits per heavy atom. The van der Waals surface area contributed by atoms with Gasteiger partial charge < -0.3 is 4.74 Å². The Morgan fingerprint density at radius 1 is 1.19 bits per heavy atom. The molecule has 0 aromatic heterocycles. The highest BCUT2D eigenvalue weighted by atomic mass is 16.7. The van der Waals surface area contributed by atoms with Gasteiger partial charge in [0, 0.05) is 12.1 Å². The number of benzene rings is 1. The first kappa shape index (κ1) is 13.1. The van der Waals surface area contributed by atoms with Crippen molar-refractivity contribution in [2.45, 2.75) is 19.9 Å². The number of rotatable bonds is 1. The maximum Gasteiger partial charge on any atom is 0.156 e. The molecule has 4 rings (SSSR count). The third-order valence-electron chi connectivity index (χ3n) is 4.35. The van der Waals surface area contributed by atoms with Gasteiger partial charge in [0.15, 0.2) is 6.73 Å². The number of allylic oxidation sites excluding steroid dienone is 1. The van der Waals surface area contributed by atoms with Gasteiger partial charge in [-0.3, -0.25) is 4.84 Å². The van der Waals surface area contributed by atoms with E-state index in [1.54, 1.807) is 0 Å². The van der Waals surface area contributed by atoms with Crippen LogP contribution in [0.4, 0.5) is 0 Å². The predicted molar refractivity (Wildman–Crippen MR) is 80.1 cm³/mol. The highest BCUT2D eigenvalue weighted by molar-refractivity contribution is 5.35. The number of fused-ring (bicyclic) bond motifs is 1. The molecule has 0 bridgehead atoms. The summed E-state index contributed by atoms with van der Waals surface area (Å²) in [6.07, 6.45) is 5.68. The summed E-state index contributed by atoms with van der Waals surface area (Å²) in [6.45, 7) is 5.13. The van der Waals surface area contributed by atoms with Crippen molar-refractivity contribution < 1.29 is 9.57 Å². The topological polar surface area (TPSA) is 24.9 Å². The quantitative estimate of drug-likeness (QED) is 0.791. The van der Waals surface area contributed by atoms with E-state index in [0.717, 1.165) is 25.3 Å². The minimum Gasteiger partial charge on any atom is -0.476 e. The summed E-state index contributed by atoms with van der Waals surface area (Å²) in [4.78, 5) is 5.94. The number of nitrogens with zero attached hydrogens (tertiary/aromatic N) is 2. The molecule has 2 heterocycles. The summed E-state index contributed by atoms with van der Waals surface area (Å²) in [5.74, 6) is 1.61. The number of para-hydroxylation sites is 1. The van der Waals surface area contributed by atoms with E-state index in [4.69, 9.17) is 9.57 Å². The average Bonchev–Trinajstić information content (AvgIpc) is 2.54. The molecule has 0 radical (unpaired) electrons. The Bertz CT molecular complexity index is 609. The van der Waals surface area contributed by atoms with Crippen LogP contribution in [0.5, 0.6) is 5.75 Å². The second-order valence-corrected chi connectivity index (χ2v) is 6.00. The lowest BCUT2D eigenvalue weighted by molar-refractivity contribution is -0.301. The van der Waals surface area contributed by atoms with Crippen molar-refractivity contribution in [2.75, 3.05) is 19.9 Å². The van der Waals surface area contributed by atoms with E-state index >= 15 is 0 Å². The lowest BCUT2D eigenvalue weighted by Gasteiger charge is -2.40. The summed E-state index contributed by atoms with van der Waals surface area (Å²) >= 11 is 0. The monoisotopic (exact) mass is 284 g/mol. The second-order valence-electron chi connectivity index (χ2n) is 6.00. The first-order valence-electron chi connectivity index (χ1n) is 7.55. The first-order chi connectivity index (χ1) is 10.3.